The lowest BCUT2D eigenvalue weighted by atomic mass is 10.0. The van der Waals surface area contributed by atoms with Crippen LogP contribution in [0.3, 0.4) is 0 Å². The van der Waals surface area contributed by atoms with Crippen molar-refractivity contribution in [3.63, 3.8) is 0 Å². The van der Waals surface area contributed by atoms with Crippen molar-refractivity contribution in [1.29, 1.82) is 0 Å². The first-order valence-electron chi connectivity index (χ1n) is 5.26. The number of carbonyl (C=O) groups is 1. The summed E-state index contributed by atoms with van der Waals surface area (Å²) < 4.78 is 32.3. The second-order valence-electron chi connectivity index (χ2n) is 3.87. The van der Waals surface area contributed by atoms with Crippen LogP contribution < -0.4 is 0 Å². The Kier molecular flexibility index (Phi) is 3.47. The van der Waals surface area contributed by atoms with E-state index in [4.69, 9.17) is 0 Å². The van der Waals surface area contributed by atoms with Crippen LogP contribution in [0.25, 0.3) is 0 Å². The predicted molar refractivity (Wildman–Crippen MR) is 66.4 cm³/mol. The highest BCUT2D eigenvalue weighted by Crippen LogP contribution is 2.33. The Hall–Kier alpha value is -1.30. The lowest BCUT2D eigenvalue weighted by Gasteiger charge is -2.14. The Labute approximate surface area is 111 Å². The van der Waals surface area contributed by atoms with Gasteiger partial charge >= 0.3 is 5.97 Å². The van der Waals surface area contributed by atoms with E-state index in [0.717, 1.165) is 0 Å². The maximum Gasteiger partial charge on any atom is 0.337 e. The number of methoxy groups -OCH3 is 1. The second kappa shape index (κ2) is 4.76. The molecule has 0 atom stereocenters. The van der Waals surface area contributed by atoms with Gasteiger partial charge in [0.05, 0.1) is 12.7 Å². The van der Waals surface area contributed by atoms with Crippen molar-refractivity contribution >= 4 is 27.6 Å². The Morgan fingerprint density at radius 2 is 2.22 bits per heavy atom. The van der Waals surface area contributed by atoms with Gasteiger partial charge in [-0.25, -0.2) is 4.79 Å². The fourth-order valence-electron chi connectivity index (χ4n) is 1.78. The summed E-state index contributed by atoms with van der Waals surface area (Å²) in [5.74, 6) is -3.51. The van der Waals surface area contributed by atoms with Crippen LogP contribution in [0.1, 0.15) is 22.3 Å². The second-order valence-corrected chi connectivity index (χ2v) is 4.73. The Bertz CT molecular complexity index is 529. The summed E-state index contributed by atoms with van der Waals surface area (Å²) in [6, 6.07) is 4.42. The first-order chi connectivity index (χ1) is 8.45. The average Bonchev–Trinajstić information content (AvgIpc) is 2.68. The van der Waals surface area contributed by atoms with Gasteiger partial charge in [0.15, 0.2) is 0 Å². The van der Waals surface area contributed by atoms with E-state index < -0.39 is 11.9 Å². The minimum Gasteiger partial charge on any atom is -0.465 e. The van der Waals surface area contributed by atoms with Gasteiger partial charge in [-0.1, -0.05) is 15.9 Å². The third-order valence-corrected chi connectivity index (χ3v) is 3.38. The van der Waals surface area contributed by atoms with Crippen LogP contribution >= 0.6 is 15.9 Å². The molecule has 1 aliphatic rings. The van der Waals surface area contributed by atoms with E-state index in [-0.39, 0.29) is 29.8 Å². The van der Waals surface area contributed by atoms with Crippen LogP contribution in [0.15, 0.2) is 27.7 Å². The lowest BCUT2D eigenvalue weighted by Crippen LogP contribution is -2.25. The highest BCUT2D eigenvalue weighted by molar-refractivity contribution is 9.10. The van der Waals surface area contributed by atoms with Crippen LogP contribution in [0.2, 0.25) is 0 Å². The molecular weight excluding hydrogens is 308 g/mol. The molecule has 0 fully saturated rings. The number of esters is 1. The summed E-state index contributed by atoms with van der Waals surface area (Å²) in [5, 5.41) is 0. The topological polar surface area (TPSA) is 38.7 Å². The highest BCUT2D eigenvalue weighted by Gasteiger charge is 2.41. The molecule has 1 aliphatic heterocycles. The van der Waals surface area contributed by atoms with Crippen molar-refractivity contribution in [3.05, 3.63) is 33.8 Å². The first kappa shape index (κ1) is 13.1. The molecule has 1 aromatic carbocycles. The maximum absolute atomic E-state index is 13.6. The molecule has 0 radical (unpaired) electrons. The molecule has 0 bridgehead atoms. The summed E-state index contributed by atoms with van der Waals surface area (Å²) in [6.07, 6.45) is -0.294. The Balaban J connectivity index is 2.48. The molecule has 0 spiro atoms. The van der Waals surface area contributed by atoms with Crippen LogP contribution in [-0.2, 0) is 4.74 Å². The number of rotatable bonds is 2. The molecule has 0 aliphatic carbocycles. The molecule has 3 nitrogen and oxygen atoms in total. The van der Waals surface area contributed by atoms with Gasteiger partial charge in [0.25, 0.3) is 5.92 Å². The number of halogens is 3. The fourth-order valence-corrected chi connectivity index (χ4v) is 2.21. The first-order valence-corrected chi connectivity index (χ1v) is 6.06. The van der Waals surface area contributed by atoms with E-state index in [0.29, 0.717) is 4.47 Å². The number of carbonyl (C=O) groups excluding carboxylic acids is 1. The van der Waals surface area contributed by atoms with Crippen LogP contribution in [-0.4, -0.2) is 31.3 Å². The molecule has 6 heteroatoms. The van der Waals surface area contributed by atoms with Gasteiger partial charge in [0, 0.05) is 23.0 Å². The third-order valence-electron chi connectivity index (χ3n) is 2.68. The summed E-state index contributed by atoms with van der Waals surface area (Å²) in [5.41, 5.74) is 0.182. The molecule has 96 valence electrons. The van der Waals surface area contributed by atoms with Crippen molar-refractivity contribution in [2.45, 2.75) is 12.3 Å². The molecule has 2 rings (SSSR count). The molecule has 0 aromatic heterocycles. The molecule has 1 aromatic rings. The van der Waals surface area contributed by atoms with Gasteiger partial charge in [-0.15, -0.1) is 0 Å². The highest BCUT2D eigenvalue weighted by atomic mass is 79.9. The number of aliphatic imine (C=N–C) groups is 1. The van der Waals surface area contributed by atoms with Gasteiger partial charge < -0.3 is 4.74 Å². The third kappa shape index (κ3) is 2.29. The normalized spacial score (nSPS) is 17.4. The van der Waals surface area contributed by atoms with Crippen molar-refractivity contribution < 1.29 is 18.3 Å². The number of nitrogens with zero attached hydrogens (tertiary/aromatic N) is 1. The number of ether oxygens (including phenoxy) is 1. The summed E-state index contributed by atoms with van der Waals surface area (Å²) in [4.78, 5) is 15.2. The van der Waals surface area contributed by atoms with E-state index in [1.807, 2.05) is 0 Å². The number of hydrogen-bond donors (Lipinski definition) is 0. The SMILES string of the molecule is COC(=O)c1ccc(Br)c(C2=NCCC2(F)F)c1. The quantitative estimate of drug-likeness (QED) is 0.786. The summed E-state index contributed by atoms with van der Waals surface area (Å²) >= 11 is 3.20. The van der Waals surface area contributed by atoms with E-state index in [9.17, 15) is 13.6 Å². The number of alkyl halides is 2. The summed E-state index contributed by atoms with van der Waals surface area (Å²) in [6.45, 7) is 0.0945. The van der Waals surface area contributed by atoms with Crippen LogP contribution in [0.5, 0.6) is 0 Å². The van der Waals surface area contributed by atoms with Crippen molar-refractivity contribution in [2.75, 3.05) is 13.7 Å². The lowest BCUT2D eigenvalue weighted by molar-refractivity contribution is 0.0600. The van der Waals surface area contributed by atoms with Gasteiger partial charge in [-0.3, -0.25) is 4.99 Å². The monoisotopic (exact) mass is 317 g/mol. The summed E-state index contributed by atoms with van der Waals surface area (Å²) in [7, 11) is 1.24. The zero-order valence-electron chi connectivity index (χ0n) is 9.54. The average molecular weight is 318 g/mol. The van der Waals surface area contributed by atoms with Gasteiger partial charge in [0.2, 0.25) is 0 Å². The minimum atomic E-state index is -2.95. The van der Waals surface area contributed by atoms with Crippen molar-refractivity contribution in [3.8, 4) is 0 Å². The van der Waals surface area contributed by atoms with Gasteiger partial charge in [-0.05, 0) is 18.2 Å². The zero-order valence-corrected chi connectivity index (χ0v) is 11.1. The molecule has 0 unspecified atom stereocenters. The molecule has 1 heterocycles. The fraction of sp³-hybridized carbons (Fsp3) is 0.333. The molecule has 0 N–H and O–H groups in total. The smallest absolute Gasteiger partial charge is 0.337 e. The van der Waals surface area contributed by atoms with Crippen molar-refractivity contribution in [2.24, 2.45) is 4.99 Å². The molecular formula is C12H10BrF2NO2. The molecule has 0 saturated carbocycles. The largest absolute Gasteiger partial charge is 0.465 e. The Morgan fingerprint density at radius 3 is 2.78 bits per heavy atom. The Morgan fingerprint density at radius 1 is 1.50 bits per heavy atom. The van der Waals surface area contributed by atoms with E-state index in [1.54, 1.807) is 6.07 Å². The molecule has 18 heavy (non-hydrogen) atoms. The number of hydrogen-bond acceptors (Lipinski definition) is 3. The van der Waals surface area contributed by atoms with E-state index in [2.05, 4.69) is 25.7 Å². The van der Waals surface area contributed by atoms with E-state index in [1.165, 1.54) is 19.2 Å². The van der Waals surface area contributed by atoms with Gasteiger partial charge in [-0.2, -0.15) is 8.78 Å². The van der Waals surface area contributed by atoms with Crippen LogP contribution in [0, 0.1) is 0 Å². The van der Waals surface area contributed by atoms with Crippen molar-refractivity contribution in [1.82, 2.24) is 0 Å². The molecule has 0 amide bonds. The number of benzene rings is 1. The minimum absolute atomic E-state index is 0.0945. The van der Waals surface area contributed by atoms with Gasteiger partial charge in [0.1, 0.15) is 5.71 Å². The van der Waals surface area contributed by atoms with Crippen LogP contribution in [0.4, 0.5) is 8.78 Å². The predicted octanol–water partition coefficient (Wildman–Crippen LogP) is 3.06. The van der Waals surface area contributed by atoms with E-state index >= 15 is 0 Å². The maximum atomic E-state index is 13.6. The molecule has 0 saturated heterocycles. The standard InChI is InChI=1S/C12H10BrF2NO2/c1-18-11(17)7-2-3-9(13)8(6-7)10-12(14,15)4-5-16-10/h2-3,6H,4-5H2,1H3. The zero-order chi connectivity index (χ0) is 13.3.